The van der Waals surface area contributed by atoms with Gasteiger partial charge in [-0.2, -0.15) is 0 Å². The van der Waals surface area contributed by atoms with Gasteiger partial charge >= 0.3 is 0 Å². The molecule has 5 rings (SSSR count). The minimum Gasteiger partial charge on any atom is -0.300 e. The van der Waals surface area contributed by atoms with Gasteiger partial charge in [0.2, 0.25) is 0 Å². The number of hydrogen-bond donors (Lipinski definition) is 1. The Hall–Kier alpha value is -2.17. The molecule has 0 spiro atoms. The van der Waals surface area contributed by atoms with Gasteiger partial charge in [0, 0.05) is 19.1 Å². The van der Waals surface area contributed by atoms with E-state index in [1.807, 2.05) is 11.1 Å². The van der Waals surface area contributed by atoms with Crippen molar-refractivity contribution >= 4 is 28.8 Å². The Morgan fingerprint density at radius 1 is 0.933 bits per heavy atom. The predicted molar refractivity (Wildman–Crippen MR) is 123 cm³/mol. The molecule has 1 N–H and O–H groups in total. The third kappa shape index (κ3) is 3.91. The van der Waals surface area contributed by atoms with E-state index >= 15 is 0 Å². The van der Waals surface area contributed by atoms with Crippen molar-refractivity contribution in [1.82, 2.24) is 15.3 Å². The normalized spacial score (nSPS) is 23.1. The molecule has 0 radical (unpaired) electrons. The van der Waals surface area contributed by atoms with E-state index < -0.39 is 0 Å². The number of fused-ring (bicyclic) bond motifs is 2. The molecule has 0 saturated carbocycles. The van der Waals surface area contributed by atoms with E-state index in [1.54, 1.807) is 0 Å². The van der Waals surface area contributed by atoms with Crippen LogP contribution in [0.3, 0.4) is 0 Å². The summed E-state index contributed by atoms with van der Waals surface area (Å²) in [5.41, 5.74) is 4.34. The summed E-state index contributed by atoms with van der Waals surface area (Å²) in [4.78, 5) is 16.5. The van der Waals surface area contributed by atoms with Gasteiger partial charge in [-0.1, -0.05) is 49.3 Å². The molecule has 0 aromatic heterocycles. The van der Waals surface area contributed by atoms with Crippen molar-refractivity contribution in [3.63, 3.8) is 0 Å². The number of likely N-dealkylation sites (tertiary alicyclic amines) is 1. The largest absolute Gasteiger partial charge is 0.300 e. The number of rotatable bonds is 2. The van der Waals surface area contributed by atoms with Crippen LogP contribution in [0.25, 0.3) is 22.9 Å². The topological polar surface area (TPSA) is 35.6 Å². The maximum absolute atomic E-state index is 13.8. The summed E-state index contributed by atoms with van der Waals surface area (Å²) in [6, 6.07) is 11.2. The molecule has 2 saturated heterocycles. The number of benzene rings is 2. The molecule has 2 aromatic rings. The zero-order valence-corrected chi connectivity index (χ0v) is 17.9. The molecule has 3 aliphatic rings. The lowest BCUT2D eigenvalue weighted by atomic mass is 9.96. The Kier molecular flexibility index (Phi) is 5.87. The molecule has 2 fully saturated rings. The third-order valence-corrected chi connectivity index (χ3v) is 7.08. The molecular weight excluding hydrogens is 370 g/mol. The number of hydrogen-bond acceptors (Lipinski definition) is 3. The third-order valence-electron chi connectivity index (χ3n) is 7.08. The Bertz CT molecular complexity index is 1040. The van der Waals surface area contributed by atoms with Crippen LogP contribution in [0, 0.1) is 0 Å². The van der Waals surface area contributed by atoms with Crippen LogP contribution >= 0.6 is 0 Å². The van der Waals surface area contributed by atoms with Gasteiger partial charge in [0.25, 0.3) is 5.91 Å². The van der Waals surface area contributed by atoms with E-state index in [9.17, 15) is 4.79 Å². The van der Waals surface area contributed by atoms with Gasteiger partial charge in [-0.25, -0.2) is 5.43 Å². The second kappa shape index (κ2) is 8.91. The van der Waals surface area contributed by atoms with Gasteiger partial charge in [0.05, 0.1) is 5.56 Å². The van der Waals surface area contributed by atoms with Gasteiger partial charge in [-0.15, -0.1) is 0 Å². The number of carbonyl (C=O) groups excluding carboxylic acids is 1. The van der Waals surface area contributed by atoms with E-state index in [1.165, 1.54) is 44.0 Å². The monoisotopic (exact) mass is 403 g/mol. The van der Waals surface area contributed by atoms with Crippen LogP contribution < -0.4 is 15.9 Å². The first-order valence-corrected chi connectivity index (χ1v) is 11.8. The molecule has 1 atom stereocenters. The van der Waals surface area contributed by atoms with Crippen molar-refractivity contribution in [2.24, 2.45) is 0 Å². The summed E-state index contributed by atoms with van der Waals surface area (Å²) in [5, 5.41) is 6.47. The molecule has 1 unspecified atom stereocenters. The lowest BCUT2D eigenvalue weighted by Crippen LogP contribution is -2.46. The minimum atomic E-state index is 0.131. The summed E-state index contributed by atoms with van der Waals surface area (Å²) in [5.74, 6) is 0.131. The zero-order valence-electron chi connectivity index (χ0n) is 17.9. The van der Waals surface area contributed by atoms with Crippen molar-refractivity contribution in [3.05, 3.63) is 46.3 Å². The van der Waals surface area contributed by atoms with E-state index in [0.29, 0.717) is 6.04 Å². The van der Waals surface area contributed by atoms with Crippen molar-refractivity contribution in [2.75, 3.05) is 26.2 Å². The Labute approximate surface area is 179 Å². The van der Waals surface area contributed by atoms with Crippen molar-refractivity contribution in [2.45, 2.75) is 57.4 Å². The zero-order chi connectivity index (χ0) is 20.3. The minimum absolute atomic E-state index is 0.131. The Balaban J connectivity index is 1.43. The Morgan fingerprint density at radius 2 is 1.73 bits per heavy atom. The summed E-state index contributed by atoms with van der Waals surface area (Å²) in [7, 11) is 0. The van der Waals surface area contributed by atoms with Crippen LogP contribution in [-0.2, 0) is 0 Å². The van der Waals surface area contributed by atoms with Gasteiger partial charge in [0.1, 0.15) is 0 Å². The number of nitrogens with zero attached hydrogens (tertiary/aromatic N) is 2. The van der Waals surface area contributed by atoms with Crippen LogP contribution in [0.15, 0.2) is 30.3 Å². The fraction of sp³-hybridized carbons (Fsp3) is 0.500. The van der Waals surface area contributed by atoms with Gasteiger partial charge in [-0.05, 0) is 78.9 Å². The van der Waals surface area contributed by atoms with Crippen molar-refractivity contribution in [3.8, 4) is 0 Å². The lowest BCUT2D eigenvalue weighted by Gasteiger charge is -2.29. The first-order chi connectivity index (χ1) is 14.8. The van der Waals surface area contributed by atoms with Crippen LogP contribution in [0.1, 0.15) is 61.7 Å². The molecule has 1 aliphatic carbocycles. The van der Waals surface area contributed by atoms with Crippen LogP contribution in [0.2, 0.25) is 0 Å². The summed E-state index contributed by atoms with van der Waals surface area (Å²) in [6.07, 6.45) is 14.2. The lowest BCUT2D eigenvalue weighted by molar-refractivity contribution is 0.0670. The summed E-state index contributed by atoms with van der Waals surface area (Å²) < 4.78 is 0. The molecule has 2 heterocycles. The fourth-order valence-corrected chi connectivity index (χ4v) is 5.47. The molecule has 30 heavy (non-hydrogen) atoms. The molecule has 4 heteroatoms. The average Bonchev–Trinajstić information content (AvgIpc) is 3.20. The summed E-state index contributed by atoms with van der Waals surface area (Å²) in [6.45, 7) is 4.10. The smallest absolute Gasteiger partial charge is 0.269 e. The quantitative estimate of drug-likeness (QED) is 0.837. The molecule has 158 valence electrons. The molecular formula is C26H33N3O. The highest BCUT2D eigenvalue weighted by atomic mass is 16.2. The van der Waals surface area contributed by atoms with E-state index in [2.05, 4.69) is 46.7 Å². The second-order valence-electron chi connectivity index (χ2n) is 9.01. The van der Waals surface area contributed by atoms with Gasteiger partial charge < -0.3 is 4.90 Å². The molecule has 4 nitrogen and oxygen atoms in total. The molecule has 1 amide bonds. The van der Waals surface area contributed by atoms with Gasteiger partial charge in [-0.3, -0.25) is 9.80 Å². The highest BCUT2D eigenvalue weighted by Gasteiger charge is 2.27. The van der Waals surface area contributed by atoms with Crippen LogP contribution in [0.4, 0.5) is 0 Å². The van der Waals surface area contributed by atoms with Gasteiger partial charge in [0.15, 0.2) is 0 Å². The fourth-order valence-electron chi connectivity index (χ4n) is 5.47. The predicted octanol–water partition coefficient (Wildman–Crippen LogP) is 3.18. The van der Waals surface area contributed by atoms with E-state index in [4.69, 9.17) is 0 Å². The molecule has 2 aliphatic heterocycles. The number of nitrogens with one attached hydrogen (secondary N) is 1. The SMILES string of the molecule is O=C(c1c2c(cc3ccccc13)=CCCC=2)N1CCC(N2CCCCCC2)CCN1. The number of carbonyl (C=O) groups is 1. The van der Waals surface area contributed by atoms with E-state index in [0.717, 1.165) is 60.3 Å². The first-order valence-electron chi connectivity index (χ1n) is 11.8. The van der Waals surface area contributed by atoms with Crippen LogP contribution in [-0.4, -0.2) is 48.0 Å². The summed E-state index contributed by atoms with van der Waals surface area (Å²) >= 11 is 0. The van der Waals surface area contributed by atoms with Crippen LogP contribution in [0.5, 0.6) is 0 Å². The number of hydrazine groups is 1. The first kappa shape index (κ1) is 19.8. The van der Waals surface area contributed by atoms with E-state index in [-0.39, 0.29) is 5.91 Å². The number of amides is 1. The molecule has 0 bridgehead atoms. The average molecular weight is 404 g/mol. The second-order valence-corrected chi connectivity index (χ2v) is 9.01. The molecule has 2 aromatic carbocycles. The maximum atomic E-state index is 13.8. The highest BCUT2D eigenvalue weighted by Crippen LogP contribution is 2.21. The van der Waals surface area contributed by atoms with Crippen molar-refractivity contribution in [1.29, 1.82) is 0 Å². The Morgan fingerprint density at radius 3 is 2.60 bits per heavy atom. The maximum Gasteiger partial charge on any atom is 0.269 e. The highest BCUT2D eigenvalue weighted by molar-refractivity contribution is 6.07. The standard InChI is InChI=1S/C26H33N3O/c30-26(29-18-14-22(13-15-27-29)28-16-7-1-2-8-17-28)25-23-11-5-3-9-20(23)19-21-10-4-6-12-24(21)25/h3,5,9-12,19,22,27H,1-2,4,6-8,13-18H2. The van der Waals surface area contributed by atoms with Crippen molar-refractivity contribution < 1.29 is 4.79 Å².